The van der Waals surface area contributed by atoms with Crippen molar-refractivity contribution in [2.45, 2.75) is 51.2 Å². The second kappa shape index (κ2) is 8.48. The molecule has 1 saturated carbocycles. The number of imidazole rings is 1. The van der Waals surface area contributed by atoms with Gasteiger partial charge in [0.2, 0.25) is 0 Å². The molecule has 8 heteroatoms. The number of hydrogen-bond donors (Lipinski definition) is 2. The number of piperidine rings is 1. The lowest BCUT2D eigenvalue weighted by atomic mass is 9.98. The van der Waals surface area contributed by atoms with Gasteiger partial charge in [-0.3, -0.25) is 4.90 Å². The molecule has 5 rings (SSSR count). The van der Waals surface area contributed by atoms with Crippen LogP contribution in [0.3, 0.4) is 0 Å². The van der Waals surface area contributed by atoms with Gasteiger partial charge in [0.1, 0.15) is 18.8 Å². The first-order chi connectivity index (χ1) is 15.4. The number of aldehydes is 1. The van der Waals surface area contributed by atoms with Gasteiger partial charge in [-0.05, 0) is 54.7 Å². The monoisotopic (exact) mass is 498 g/mol. The van der Waals surface area contributed by atoms with E-state index >= 15 is 0 Å². The largest absolute Gasteiger partial charge is 0.433 e. The van der Waals surface area contributed by atoms with Crippen molar-refractivity contribution in [3.8, 4) is 0 Å². The number of nitrogens with zero attached hydrogens (tertiary/aromatic N) is 2. The Morgan fingerprint density at radius 3 is 2.97 bits per heavy atom. The third kappa shape index (κ3) is 3.79. The van der Waals surface area contributed by atoms with E-state index in [1.165, 1.54) is 0 Å². The van der Waals surface area contributed by atoms with Crippen molar-refractivity contribution in [3.63, 3.8) is 0 Å². The summed E-state index contributed by atoms with van der Waals surface area (Å²) in [5.74, 6) is 1.44. The molecular weight excluding hydrogens is 472 g/mol. The van der Waals surface area contributed by atoms with Crippen LogP contribution in [0.1, 0.15) is 45.0 Å². The maximum atomic E-state index is 12.3. The van der Waals surface area contributed by atoms with Gasteiger partial charge in [0.15, 0.2) is 0 Å². The molecule has 32 heavy (non-hydrogen) atoms. The molecule has 1 aliphatic heterocycles. The van der Waals surface area contributed by atoms with Crippen molar-refractivity contribution in [1.29, 1.82) is 0 Å². The summed E-state index contributed by atoms with van der Waals surface area (Å²) in [4.78, 5) is 34.3. The average Bonchev–Trinajstić information content (AvgIpc) is 3.49. The Bertz CT molecular complexity index is 1180. The third-order valence-corrected chi connectivity index (χ3v) is 7.43. The zero-order chi connectivity index (χ0) is 22.4. The van der Waals surface area contributed by atoms with E-state index in [0.29, 0.717) is 12.0 Å². The summed E-state index contributed by atoms with van der Waals surface area (Å²) in [5.41, 5.74) is 1.99. The Labute approximate surface area is 195 Å². The molecule has 168 valence electrons. The first kappa shape index (κ1) is 21.4. The second-order valence-corrected chi connectivity index (χ2v) is 10.2. The standard InChI is InChI=1S/C24H27BrN4O3/c1-13(2)20(11-30)27-24(31)32-12-29-17-6-3-15(10-17)22(29)23-26-19-8-4-14-9-16(25)5-7-18(14)21(19)28-23/h4-5,7-9,11,13,15,17,20,22H,3,6,10,12H2,1-2H3,(H,26,28)(H,27,31)/t15-,17+,20-,22+/m1/s1. The predicted octanol–water partition coefficient (Wildman–Crippen LogP) is 4.91. The van der Waals surface area contributed by atoms with Gasteiger partial charge in [0.05, 0.1) is 23.1 Å². The molecule has 3 aromatic rings. The van der Waals surface area contributed by atoms with E-state index in [2.05, 4.69) is 55.4 Å². The lowest BCUT2D eigenvalue weighted by Gasteiger charge is -2.33. The fourth-order valence-electron chi connectivity index (χ4n) is 5.24. The quantitative estimate of drug-likeness (QED) is 0.471. The van der Waals surface area contributed by atoms with Crippen molar-refractivity contribution in [1.82, 2.24) is 20.2 Å². The van der Waals surface area contributed by atoms with Crippen LogP contribution in [0.25, 0.3) is 21.8 Å². The number of aromatic amines is 1. The summed E-state index contributed by atoms with van der Waals surface area (Å²) >= 11 is 3.54. The number of aromatic nitrogens is 2. The molecule has 1 aromatic heterocycles. The third-order valence-electron chi connectivity index (χ3n) is 6.94. The van der Waals surface area contributed by atoms with E-state index < -0.39 is 12.1 Å². The number of alkyl carbamates (subject to hydrolysis) is 1. The van der Waals surface area contributed by atoms with Gasteiger partial charge < -0.3 is 19.8 Å². The first-order valence-electron chi connectivity index (χ1n) is 11.2. The van der Waals surface area contributed by atoms with Gasteiger partial charge >= 0.3 is 6.09 Å². The minimum absolute atomic E-state index is 0.0154. The lowest BCUT2D eigenvalue weighted by molar-refractivity contribution is -0.110. The van der Waals surface area contributed by atoms with Crippen molar-refractivity contribution < 1.29 is 14.3 Å². The Morgan fingerprint density at radius 2 is 2.19 bits per heavy atom. The Morgan fingerprint density at radius 1 is 1.34 bits per heavy atom. The van der Waals surface area contributed by atoms with Gasteiger partial charge in [-0.1, -0.05) is 41.9 Å². The number of H-pyrrole nitrogens is 1. The highest BCUT2D eigenvalue weighted by molar-refractivity contribution is 9.10. The van der Waals surface area contributed by atoms with E-state index in [-0.39, 0.29) is 18.7 Å². The van der Waals surface area contributed by atoms with Gasteiger partial charge in [-0.25, -0.2) is 9.78 Å². The number of amides is 1. The molecule has 7 nitrogen and oxygen atoms in total. The minimum atomic E-state index is -0.557. The molecule has 1 saturated heterocycles. The Kier molecular flexibility index (Phi) is 5.67. The van der Waals surface area contributed by atoms with Crippen LogP contribution in [0.15, 0.2) is 34.8 Å². The summed E-state index contributed by atoms with van der Waals surface area (Å²) in [6, 6.07) is 10.3. The SMILES string of the molecule is CC(C)[C@@H](C=O)NC(=O)OCN1[C@H]2CC[C@H](C2)[C@H]1c1nc2c(ccc3cc(Br)ccc32)[nH]1. The van der Waals surface area contributed by atoms with E-state index in [1.807, 2.05) is 19.9 Å². The molecule has 0 unspecified atom stereocenters. The average molecular weight is 499 g/mol. The summed E-state index contributed by atoms with van der Waals surface area (Å²) < 4.78 is 6.59. The van der Waals surface area contributed by atoms with Crippen LogP contribution in [0.2, 0.25) is 0 Å². The van der Waals surface area contributed by atoms with Crippen molar-refractivity contribution in [3.05, 3.63) is 40.6 Å². The van der Waals surface area contributed by atoms with Gasteiger partial charge in [-0.15, -0.1) is 0 Å². The maximum absolute atomic E-state index is 12.3. The summed E-state index contributed by atoms with van der Waals surface area (Å²) in [7, 11) is 0. The number of nitrogens with one attached hydrogen (secondary N) is 2. The van der Waals surface area contributed by atoms with Crippen molar-refractivity contribution in [2.24, 2.45) is 11.8 Å². The topological polar surface area (TPSA) is 87.3 Å². The number of carbonyl (C=O) groups excluding carboxylic acids is 2. The smallest absolute Gasteiger partial charge is 0.409 e. The van der Waals surface area contributed by atoms with Gasteiger partial charge in [-0.2, -0.15) is 0 Å². The van der Waals surface area contributed by atoms with E-state index in [9.17, 15) is 9.59 Å². The first-order valence-corrected chi connectivity index (χ1v) is 12.0. The summed E-state index contributed by atoms with van der Waals surface area (Å²) in [6.45, 7) is 3.96. The number of ether oxygens (including phenoxy) is 1. The molecule has 2 bridgehead atoms. The number of hydrogen-bond acceptors (Lipinski definition) is 5. The summed E-state index contributed by atoms with van der Waals surface area (Å²) in [6.07, 6.45) is 3.54. The highest BCUT2D eigenvalue weighted by Crippen LogP contribution is 2.49. The Hall–Kier alpha value is -2.45. The van der Waals surface area contributed by atoms with Crippen molar-refractivity contribution >= 4 is 50.1 Å². The molecule has 0 spiro atoms. The van der Waals surface area contributed by atoms with Crippen LogP contribution in [0.5, 0.6) is 0 Å². The van der Waals surface area contributed by atoms with Crippen LogP contribution < -0.4 is 5.32 Å². The van der Waals surface area contributed by atoms with E-state index in [0.717, 1.165) is 57.7 Å². The fourth-order valence-corrected chi connectivity index (χ4v) is 5.62. The highest BCUT2D eigenvalue weighted by atomic mass is 79.9. The molecule has 0 radical (unpaired) electrons. The molecule has 2 heterocycles. The number of fused-ring (bicyclic) bond motifs is 5. The van der Waals surface area contributed by atoms with Crippen LogP contribution in [-0.2, 0) is 9.53 Å². The number of likely N-dealkylation sites (tertiary alicyclic amines) is 1. The lowest BCUT2D eigenvalue weighted by Crippen LogP contribution is -2.43. The van der Waals surface area contributed by atoms with Crippen LogP contribution in [0.4, 0.5) is 4.79 Å². The maximum Gasteiger partial charge on any atom is 0.409 e. The van der Waals surface area contributed by atoms with Crippen LogP contribution in [-0.4, -0.2) is 46.1 Å². The molecule has 2 N–H and O–H groups in total. The van der Waals surface area contributed by atoms with Crippen LogP contribution in [0, 0.1) is 11.8 Å². The number of rotatable bonds is 6. The van der Waals surface area contributed by atoms with Gasteiger partial charge in [0, 0.05) is 15.9 Å². The molecule has 2 fully saturated rings. The number of benzene rings is 2. The molecule has 1 amide bonds. The molecule has 1 aliphatic carbocycles. The summed E-state index contributed by atoms with van der Waals surface area (Å²) in [5, 5.41) is 4.91. The fraction of sp³-hybridized carbons (Fsp3) is 0.458. The zero-order valence-electron chi connectivity index (χ0n) is 18.2. The molecular formula is C24H27BrN4O3. The van der Waals surface area contributed by atoms with Crippen LogP contribution >= 0.6 is 15.9 Å². The second-order valence-electron chi connectivity index (χ2n) is 9.25. The molecule has 2 aliphatic rings. The van der Waals surface area contributed by atoms with Gasteiger partial charge in [0.25, 0.3) is 0 Å². The highest BCUT2D eigenvalue weighted by Gasteiger charge is 2.48. The Balaban J connectivity index is 1.38. The van der Waals surface area contributed by atoms with Crippen molar-refractivity contribution in [2.75, 3.05) is 6.73 Å². The normalized spacial score (nSPS) is 23.8. The number of carbonyl (C=O) groups is 2. The molecule has 4 atom stereocenters. The molecule has 2 aromatic carbocycles. The minimum Gasteiger partial charge on any atom is -0.433 e. The van der Waals surface area contributed by atoms with E-state index in [4.69, 9.17) is 9.72 Å². The van der Waals surface area contributed by atoms with E-state index in [1.54, 1.807) is 0 Å². The number of halogens is 1. The predicted molar refractivity (Wildman–Crippen MR) is 126 cm³/mol. The zero-order valence-corrected chi connectivity index (χ0v) is 19.8.